The van der Waals surface area contributed by atoms with E-state index in [-0.39, 0.29) is 0 Å². The third kappa shape index (κ3) is 2.52. The topological polar surface area (TPSA) is 9.23 Å². The van der Waals surface area contributed by atoms with Crippen molar-refractivity contribution in [3.63, 3.8) is 0 Å². The van der Waals surface area contributed by atoms with Crippen LogP contribution < -0.4 is 4.74 Å². The van der Waals surface area contributed by atoms with E-state index in [1.165, 1.54) is 0 Å². The van der Waals surface area contributed by atoms with Crippen LogP contribution in [0, 0.1) is 25.7 Å². The highest BCUT2D eigenvalue weighted by atomic mass is 16.5. The van der Waals surface area contributed by atoms with Crippen molar-refractivity contribution in [1.82, 2.24) is 0 Å². The lowest BCUT2D eigenvalue weighted by molar-refractivity contribution is 0.365. The molecule has 0 aliphatic heterocycles. The van der Waals surface area contributed by atoms with Crippen LogP contribution in [0.5, 0.6) is 5.75 Å². The molecule has 0 amide bonds. The van der Waals surface area contributed by atoms with Gasteiger partial charge in [0.2, 0.25) is 0 Å². The zero-order valence-electron chi connectivity index (χ0n) is 8.35. The molecular weight excluding hydrogens is 160 g/mol. The Kier molecular flexibility index (Phi) is 3.40. The predicted octanol–water partition coefficient (Wildman–Crippen LogP) is 2.71. The molecule has 1 heteroatoms. The summed E-state index contributed by atoms with van der Waals surface area (Å²) in [5.74, 6) is 6.64. The van der Waals surface area contributed by atoms with Crippen LogP contribution in [-0.4, -0.2) is 6.61 Å². The van der Waals surface area contributed by atoms with Crippen molar-refractivity contribution >= 4 is 0 Å². The van der Waals surface area contributed by atoms with E-state index >= 15 is 0 Å². The molecule has 1 aromatic rings. The van der Waals surface area contributed by atoms with Gasteiger partial charge in [0, 0.05) is 0 Å². The first-order chi connectivity index (χ1) is 6.25. The molecule has 13 heavy (non-hydrogen) atoms. The second-order valence-corrected chi connectivity index (χ2v) is 2.94. The lowest BCUT2D eigenvalue weighted by Crippen LogP contribution is -1.97. The van der Waals surface area contributed by atoms with Gasteiger partial charge in [0.25, 0.3) is 0 Å². The number of benzene rings is 1. The number of rotatable bonds is 2. The zero-order chi connectivity index (χ0) is 9.68. The molecule has 0 spiro atoms. The number of hydrogen-bond acceptors (Lipinski definition) is 1. The molecule has 0 aliphatic carbocycles. The summed E-state index contributed by atoms with van der Waals surface area (Å²) in [4.78, 5) is 0. The molecular formula is C12H14O. The number of hydrogen-bond donors (Lipinski definition) is 0. The van der Waals surface area contributed by atoms with Crippen molar-refractivity contribution in [3.8, 4) is 17.6 Å². The standard InChI is InChI=1S/C12H14O/c1-4-5-9-13-12-10(2)7-6-8-11(12)3/h6-8H,9H2,1-3H3. The average Bonchev–Trinajstić information content (AvgIpc) is 2.10. The Morgan fingerprint density at radius 1 is 1.23 bits per heavy atom. The van der Waals surface area contributed by atoms with Crippen LogP contribution in [0.1, 0.15) is 18.1 Å². The van der Waals surface area contributed by atoms with Gasteiger partial charge in [0.1, 0.15) is 12.4 Å². The second-order valence-electron chi connectivity index (χ2n) is 2.94. The lowest BCUT2D eigenvalue weighted by Gasteiger charge is -2.08. The molecule has 0 fully saturated rings. The Balaban J connectivity index is 2.79. The summed E-state index contributed by atoms with van der Waals surface area (Å²) >= 11 is 0. The van der Waals surface area contributed by atoms with Crippen LogP contribution in [0.3, 0.4) is 0 Å². The SMILES string of the molecule is CC#CCOc1c(C)cccc1C. The summed E-state index contributed by atoms with van der Waals surface area (Å²) in [7, 11) is 0. The molecule has 0 heterocycles. The predicted molar refractivity (Wildman–Crippen MR) is 54.9 cm³/mol. The molecule has 1 aromatic carbocycles. The van der Waals surface area contributed by atoms with E-state index in [9.17, 15) is 0 Å². The van der Waals surface area contributed by atoms with Gasteiger partial charge in [0.15, 0.2) is 0 Å². The molecule has 0 radical (unpaired) electrons. The third-order valence-electron chi connectivity index (χ3n) is 1.87. The van der Waals surface area contributed by atoms with Crippen molar-refractivity contribution in [2.75, 3.05) is 6.61 Å². The molecule has 0 saturated heterocycles. The minimum atomic E-state index is 0.474. The molecule has 1 nitrogen and oxygen atoms in total. The number of aryl methyl sites for hydroxylation is 2. The molecule has 1 rings (SSSR count). The maximum Gasteiger partial charge on any atom is 0.149 e. The molecule has 68 valence electrons. The molecule has 0 saturated carbocycles. The first-order valence-corrected chi connectivity index (χ1v) is 4.34. The van der Waals surface area contributed by atoms with E-state index in [1.54, 1.807) is 0 Å². The lowest BCUT2D eigenvalue weighted by atomic mass is 10.1. The van der Waals surface area contributed by atoms with E-state index in [0.717, 1.165) is 16.9 Å². The first kappa shape index (κ1) is 9.67. The van der Waals surface area contributed by atoms with Crippen molar-refractivity contribution in [2.24, 2.45) is 0 Å². The van der Waals surface area contributed by atoms with E-state index in [4.69, 9.17) is 4.74 Å². The van der Waals surface area contributed by atoms with E-state index in [1.807, 2.05) is 39.0 Å². The van der Waals surface area contributed by atoms with Crippen LogP contribution >= 0.6 is 0 Å². The van der Waals surface area contributed by atoms with Gasteiger partial charge in [-0.2, -0.15) is 0 Å². The summed E-state index contributed by atoms with van der Waals surface area (Å²) < 4.78 is 5.53. The van der Waals surface area contributed by atoms with Gasteiger partial charge < -0.3 is 4.74 Å². The molecule has 0 unspecified atom stereocenters. The fourth-order valence-electron chi connectivity index (χ4n) is 1.21. The van der Waals surface area contributed by atoms with Crippen molar-refractivity contribution in [1.29, 1.82) is 0 Å². The second kappa shape index (κ2) is 4.57. The quantitative estimate of drug-likeness (QED) is 0.626. The summed E-state index contributed by atoms with van der Waals surface area (Å²) in [5.41, 5.74) is 2.33. The smallest absolute Gasteiger partial charge is 0.149 e. The van der Waals surface area contributed by atoms with Crippen LogP contribution in [0.2, 0.25) is 0 Å². The largest absolute Gasteiger partial charge is 0.480 e. The highest BCUT2D eigenvalue weighted by molar-refractivity contribution is 5.39. The third-order valence-corrected chi connectivity index (χ3v) is 1.87. The van der Waals surface area contributed by atoms with Crippen molar-refractivity contribution in [3.05, 3.63) is 29.3 Å². The highest BCUT2D eigenvalue weighted by Gasteiger charge is 2.00. The Bertz CT molecular complexity index is 322. The fourth-order valence-corrected chi connectivity index (χ4v) is 1.21. The van der Waals surface area contributed by atoms with Gasteiger partial charge >= 0.3 is 0 Å². The van der Waals surface area contributed by atoms with Gasteiger partial charge in [0.05, 0.1) is 0 Å². The molecule has 0 bridgehead atoms. The Labute approximate surface area is 79.7 Å². The maximum atomic E-state index is 5.53. The van der Waals surface area contributed by atoms with E-state index in [0.29, 0.717) is 6.61 Å². The number of para-hydroxylation sites is 1. The zero-order valence-corrected chi connectivity index (χ0v) is 8.35. The summed E-state index contributed by atoms with van der Waals surface area (Å²) in [6.07, 6.45) is 0. The Hall–Kier alpha value is -1.42. The van der Waals surface area contributed by atoms with Gasteiger partial charge in [-0.25, -0.2) is 0 Å². The summed E-state index contributed by atoms with van der Waals surface area (Å²) in [6, 6.07) is 6.12. The Morgan fingerprint density at radius 3 is 2.38 bits per heavy atom. The maximum absolute atomic E-state index is 5.53. The van der Waals surface area contributed by atoms with Crippen molar-refractivity contribution < 1.29 is 4.74 Å². The summed E-state index contributed by atoms with van der Waals surface area (Å²) in [5, 5.41) is 0. The van der Waals surface area contributed by atoms with Gasteiger partial charge in [-0.3, -0.25) is 0 Å². The first-order valence-electron chi connectivity index (χ1n) is 4.34. The van der Waals surface area contributed by atoms with Crippen LogP contribution in [-0.2, 0) is 0 Å². The average molecular weight is 174 g/mol. The minimum Gasteiger partial charge on any atom is -0.480 e. The Morgan fingerprint density at radius 2 is 1.85 bits per heavy atom. The van der Waals surface area contributed by atoms with Gasteiger partial charge in [-0.1, -0.05) is 24.1 Å². The van der Waals surface area contributed by atoms with Gasteiger partial charge in [-0.05, 0) is 31.9 Å². The molecule has 0 N–H and O–H groups in total. The van der Waals surface area contributed by atoms with Crippen LogP contribution in [0.25, 0.3) is 0 Å². The summed E-state index contributed by atoms with van der Waals surface area (Å²) in [6.45, 7) is 6.37. The molecule has 0 aromatic heterocycles. The monoisotopic (exact) mass is 174 g/mol. The molecule has 0 aliphatic rings. The highest BCUT2D eigenvalue weighted by Crippen LogP contribution is 2.21. The van der Waals surface area contributed by atoms with Crippen molar-refractivity contribution in [2.45, 2.75) is 20.8 Å². The van der Waals surface area contributed by atoms with Gasteiger partial charge in [-0.15, -0.1) is 5.92 Å². The minimum absolute atomic E-state index is 0.474. The fraction of sp³-hybridized carbons (Fsp3) is 0.333. The van der Waals surface area contributed by atoms with Crippen LogP contribution in [0.15, 0.2) is 18.2 Å². The van der Waals surface area contributed by atoms with Crippen LogP contribution in [0.4, 0.5) is 0 Å². The number of ether oxygens (including phenoxy) is 1. The van der Waals surface area contributed by atoms with E-state index < -0.39 is 0 Å². The molecule has 0 atom stereocenters. The normalized spacial score (nSPS) is 8.85. The van der Waals surface area contributed by atoms with E-state index in [2.05, 4.69) is 11.8 Å².